The first-order valence-electron chi connectivity index (χ1n) is 9.06. The molecule has 0 saturated heterocycles. The number of benzene rings is 2. The Morgan fingerprint density at radius 1 is 1.00 bits per heavy atom. The Morgan fingerprint density at radius 2 is 1.52 bits per heavy atom. The molecule has 1 heterocycles. The van der Waals surface area contributed by atoms with Crippen LogP contribution in [0.3, 0.4) is 0 Å². The highest BCUT2D eigenvalue weighted by Gasteiger charge is 2.26. The lowest BCUT2D eigenvalue weighted by Gasteiger charge is -2.29. The summed E-state index contributed by atoms with van der Waals surface area (Å²) in [5.41, 5.74) is 5.01. The Kier molecular flexibility index (Phi) is 6.63. The molecule has 9 heteroatoms. The van der Waals surface area contributed by atoms with Gasteiger partial charge >= 0.3 is 0 Å². The number of nitrogens with zero attached hydrogens (tertiary/aromatic N) is 2. The number of nitrogens with one attached hydrogen (secondary N) is 1. The van der Waals surface area contributed by atoms with Gasteiger partial charge in [-0.05, 0) is 41.5 Å². The first-order valence-corrected chi connectivity index (χ1v) is 10.5. The molecule has 0 amide bonds. The summed E-state index contributed by atoms with van der Waals surface area (Å²) in [6.07, 6.45) is 1.60. The summed E-state index contributed by atoms with van der Waals surface area (Å²) in [6, 6.07) is 11.7. The van der Waals surface area contributed by atoms with E-state index in [9.17, 15) is 17.2 Å². The minimum Gasteiger partial charge on any atom is -0.270 e. The van der Waals surface area contributed by atoms with Crippen LogP contribution in [0.25, 0.3) is 0 Å². The molecule has 0 aromatic heterocycles. The van der Waals surface area contributed by atoms with Crippen LogP contribution in [0.15, 0.2) is 60.3 Å². The second-order valence-electron chi connectivity index (χ2n) is 6.83. The summed E-state index contributed by atoms with van der Waals surface area (Å²) in [5, 5.41) is 0. The van der Waals surface area contributed by atoms with E-state index in [0.29, 0.717) is 24.1 Å². The van der Waals surface area contributed by atoms with Crippen molar-refractivity contribution in [2.45, 2.75) is 12.5 Å². The molecule has 3 rings (SSSR count). The van der Waals surface area contributed by atoms with Crippen molar-refractivity contribution in [1.82, 2.24) is 14.1 Å². The highest BCUT2D eigenvalue weighted by atomic mass is 32.2. The van der Waals surface area contributed by atoms with Gasteiger partial charge in [0.25, 0.3) is 10.2 Å². The van der Waals surface area contributed by atoms with Gasteiger partial charge in [-0.1, -0.05) is 24.3 Å². The van der Waals surface area contributed by atoms with Crippen LogP contribution in [0.1, 0.15) is 23.7 Å². The Hall–Kier alpha value is -2.33. The van der Waals surface area contributed by atoms with Crippen molar-refractivity contribution in [2.24, 2.45) is 0 Å². The molecular weight excluding hydrogens is 400 g/mol. The van der Waals surface area contributed by atoms with Crippen molar-refractivity contribution in [2.75, 3.05) is 27.2 Å². The zero-order valence-corrected chi connectivity index (χ0v) is 17.0. The van der Waals surface area contributed by atoms with Gasteiger partial charge in [0.05, 0.1) is 0 Å². The van der Waals surface area contributed by atoms with Crippen molar-refractivity contribution >= 4 is 10.2 Å². The zero-order valence-electron chi connectivity index (χ0n) is 16.2. The highest BCUT2D eigenvalue weighted by Crippen LogP contribution is 2.26. The van der Waals surface area contributed by atoms with Gasteiger partial charge in [0, 0.05) is 39.3 Å². The average Bonchev–Trinajstić information content (AvgIpc) is 2.71. The lowest BCUT2D eigenvalue weighted by atomic mass is 10.0. The molecule has 29 heavy (non-hydrogen) atoms. The van der Waals surface area contributed by atoms with Gasteiger partial charge < -0.3 is 0 Å². The van der Waals surface area contributed by atoms with E-state index in [2.05, 4.69) is 5.48 Å². The number of rotatable bonds is 7. The smallest absolute Gasteiger partial charge is 0.270 e. The topological polar surface area (TPSA) is 61.9 Å². The van der Waals surface area contributed by atoms with Gasteiger partial charge in [-0.2, -0.15) is 17.0 Å². The summed E-state index contributed by atoms with van der Waals surface area (Å²) in [7, 11) is -0.482. The number of hydrogen-bond acceptors (Lipinski definition) is 4. The van der Waals surface area contributed by atoms with Crippen LogP contribution in [-0.2, 0) is 15.0 Å². The minimum atomic E-state index is -3.47. The second kappa shape index (κ2) is 9.00. The van der Waals surface area contributed by atoms with Gasteiger partial charge in [-0.25, -0.2) is 8.78 Å². The molecule has 6 nitrogen and oxygen atoms in total. The third-order valence-corrected chi connectivity index (χ3v) is 6.52. The first-order chi connectivity index (χ1) is 13.8. The predicted octanol–water partition coefficient (Wildman–Crippen LogP) is 2.97. The average molecular weight is 423 g/mol. The molecule has 0 radical (unpaired) electrons. The van der Waals surface area contributed by atoms with E-state index in [1.54, 1.807) is 30.3 Å². The fourth-order valence-electron chi connectivity index (χ4n) is 2.92. The fourth-order valence-corrected chi connectivity index (χ4v) is 3.97. The predicted molar refractivity (Wildman–Crippen MR) is 106 cm³/mol. The quantitative estimate of drug-likeness (QED) is 0.696. The SMILES string of the molecule is CN(C)S(=O)(=O)N1CC=C(NOC(c2ccc(F)cc2)c2ccc(F)cc2)CC1. The second-order valence-corrected chi connectivity index (χ2v) is 8.97. The number of hydroxylamine groups is 1. The van der Waals surface area contributed by atoms with Gasteiger partial charge in [-0.3, -0.25) is 10.3 Å². The van der Waals surface area contributed by atoms with Crippen molar-refractivity contribution in [3.05, 3.63) is 83.1 Å². The molecule has 0 spiro atoms. The molecule has 2 aromatic carbocycles. The summed E-state index contributed by atoms with van der Waals surface area (Å²) in [6.45, 7) is 0.546. The van der Waals surface area contributed by atoms with Crippen LogP contribution in [0.2, 0.25) is 0 Å². The molecule has 0 saturated carbocycles. The molecule has 1 aliphatic rings. The molecule has 2 aromatic rings. The van der Waals surface area contributed by atoms with E-state index in [1.165, 1.54) is 47.0 Å². The maximum absolute atomic E-state index is 13.3. The fraction of sp³-hybridized carbons (Fsp3) is 0.300. The van der Waals surface area contributed by atoms with Crippen LogP contribution >= 0.6 is 0 Å². The molecule has 1 N–H and O–H groups in total. The Bertz CT molecular complexity index is 916. The molecular formula is C20H23F2N3O3S. The molecule has 0 aliphatic carbocycles. The highest BCUT2D eigenvalue weighted by molar-refractivity contribution is 7.86. The van der Waals surface area contributed by atoms with Crippen molar-refractivity contribution in [3.63, 3.8) is 0 Å². The molecule has 0 atom stereocenters. The van der Waals surface area contributed by atoms with E-state index in [0.717, 1.165) is 5.70 Å². The molecule has 156 valence electrons. The summed E-state index contributed by atoms with van der Waals surface area (Å²) < 4.78 is 53.5. The van der Waals surface area contributed by atoms with E-state index < -0.39 is 16.3 Å². The maximum Gasteiger partial charge on any atom is 0.281 e. The minimum absolute atomic E-state index is 0.226. The van der Waals surface area contributed by atoms with Crippen LogP contribution < -0.4 is 5.48 Å². The first kappa shape index (κ1) is 21.4. The standard InChI is InChI=1S/C20H23F2N3O3S/c1-24(2)29(26,27)25-13-11-19(12-14-25)23-28-20(15-3-7-17(21)8-4-15)16-5-9-18(22)10-6-16/h3-11,20,23H,12-14H2,1-2H3. The van der Waals surface area contributed by atoms with Gasteiger partial charge in [0.2, 0.25) is 0 Å². The van der Waals surface area contributed by atoms with Crippen LogP contribution in [0.5, 0.6) is 0 Å². The van der Waals surface area contributed by atoms with E-state index in [4.69, 9.17) is 4.84 Å². The third-order valence-electron chi connectivity index (χ3n) is 4.61. The largest absolute Gasteiger partial charge is 0.281 e. The Labute approximate surface area is 169 Å². The zero-order chi connectivity index (χ0) is 21.0. The van der Waals surface area contributed by atoms with Crippen LogP contribution in [-0.4, -0.2) is 44.2 Å². The molecule has 0 fully saturated rings. The van der Waals surface area contributed by atoms with Crippen LogP contribution in [0.4, 0.5) is 8.78 Å². The summed E-state index contributed by atoms with van der Waals surface area (Å²) in [4.78, 5) is 5.86. The lowest BCUT2D eigenvalue weighted by Crippen LogP contribution is -2.43. The van der Waals surface area contributed by atoms with Gasteiger partial charge in [0.1, 0.15) is 17.7 Å². The Morgan fingerprint density at radius 3 is 1.93 bits per heavy atom. The normalized spacial score (nSPS) is 15.6. The van der Waals surface area contributed by atoms with Crippen molar-refractivity contribution in [1.29, 1.82) is 0 Å². The van der Waals surface area contributed by atoms with E-state index >= 15 is 0 Å². The summed E-state index contributed by atoms with van der Waals surface area (Å²) >= 11 is 0. The van der Waals surface area contributed by atoms with Gasteiger partial charge in [0.15, 0.2) is 0 Å². The Balaban J connectivity index is 1.73. The van der Waals surface area contributed by atoms with Crippen molar-refractivity contribution in [3.8, 4) is 0 Å². The van der Waals surface area contributed by atoms with Crippen molar-refractivity contribution < 1.29 is 22.0 Å². The van der Waals surface area contributed by atoms with Crippen LogP contribution in [0, 0.1) is 11.6 Å². The maximum atomic E-state index is 13.3. The monoisotopic (exact) mass is 423 g/mol. The number of halogens is 2. The molecule has 1 aliphatic heterocycles. The number of hydrogen-bond donors (Lipinski definition) is 1. The summed E-state index contributed by atoms with van der Waals surface area (Å²) in [5.74, 6) is -0.728. The lowest BCUT2D eigenvalue weighted by molar-refractivity contribution is 0.0109. The van der Waals surface area contributed by atoms with E-state index in [-0.39, 0.29) is 18.2 Å². The molecule has 0 bridgehead atoms. The third kappa shape index (κ3) is 5.18. The van der Waals surface area contributed by atoms with Gasteiger partial charge in [-0.15, -0.1) is 0 Å². The molecule has 0 unspecified atom stereocenters. The van der Waals surface area contributed by atoms with E-state index in [1.807, 2.05) is 0 Å².